The number of carbonyl (C=O) groups excluding carboxylic acids is 1. The monoisotopic (exact) mass is 345 g/mol. The van der Waals surface area contributed by atoms with Gasteiger partial charge in [-0.15, -0.1) is 0 Å². The molecule has 3 N–H and O–H groups in total. The van der Waals surface area contributed by atoms with E-state index in [1.165, 1.54) is 7.11 Å². The molecular weight excluding hydrogens is 314 g/mol. The number of aliphatic hydroxyl groups is 2. The maximum Gasteiger partial charge on any atom is 0.305 e. The first-order valence-corrected chi connectivity index (χ1v) is 8.70. The average molecular weight is 345 g/mol. The van der Waals surface area contributed by atoms with E-state index < -0.39 is 6.10 Å². The summed E-state index contributed by atoms with van der Waals surface area (Å²) in [5, 5.41) is 19.2. The highest BCUT2D eigenvalue weighted by Gasteiger charge is 2.30. The van der Waals surface area contributed by atoms with Crippen molar-refractivity contribution in [1.82, 2.24) is 5.64 Å². The van der Waals surface area contributed by atoms with Crippen molar-refractivity contribution >= 4 is 5.97 Å². The number of allylic oxidation sites excluding steroid dienone is 2. The zero-order valence-electron chi connectivity index (χ0n) is 14.5. The van der Waals surface area contributed by atoms with E-state index in [2.05, 4.69) is 10.5 Å². The minimum atomic E-state index is -0.393. The Hall–Kier alpha value is -0.990. The minimum absolute atomic E-state index is 0.157. The van der Waals surface area contributed by atoms with E-state index in [1.54, 1.807) is 0 Å². The van der Waals surface area contributed by atoms with Crippen molar-refractivity contribution < 1.29 is 29.4 Å². The second kappa shape index (κ2) is 13.3. The standard InChI is InChI=1S/C17H31NO6/c1-22-18-24-11-7-6-10-23-17(21)9-5-3-2-4-8-14-12-15(19)13-16(14)20/h2,4,14-16,18-20H,3,5-13H2,1H3/b4-2-/t14-,15?,16?/m1/s1. The van der Waals surface area contributed by atoms with Crippen molar-refractivity contribution in [2.24, 2.45) is 5.92 Å². The molecule has 0 aromatic heterocycles. The number of hydrogen-bond acceptors (Lipinski definition) is 7. The quantitative estimate of drug-likeness (QED) is 0.202. The van der Waals surface area contributed by atoms with Gasteiger partial charge >= 0.3 is 5.97 Å². The summed E-state index contributed by atoms with van der Waals surface area (Å²) in [5.41, 5.74) is 2.27. The van der Waals surface area contributed by atoms with Crippen LogP contribution in [0.15, 0.2) is 12.2 Å². The summed E-state index contributed by atoms with van der Waals surface area (Å²) < 4.78 is 5.13. The molecule has 1 aliphatic rings. The van der Waals surface area contributed by atoms with Gasteiger partial charge in [0.1, 0.15) is 0 Å². The van der Waals surface area contributed by atoms with Crippen LogP contribution in [-0.4, -0.2) is 48.7 Å². The molecule has 1 fully saturated rings. The van der Waals surface area contributed by atoms with Gasteiger partial charge in [-0.25, -0.2) is 0 Å². The number of carbonyl (C=O) groups is 1. The van der Waals surface area contributed by atoms with Crippen LogP contribution in [0.4, 0.5) is 0 Å². The molecule has 0 heterocycles. The molecule has 0 saturated heterocycles. The third kappa shape index (κ3) is 10.00. The van der Waals surface area contributed by atoms with Crippen molar-refractivity contribution in [2.45, 2.75) is 63.6 Å². The van der Waals surface area contributed by atoms with Crippen molar-refractivity contribution in [3.8, 4) is 0 Å². The van der Waals surface area contributed by atoms with Gasteiger partial charge in [0.15, 0.2) is 0 Å². The molecule has 7 heteroatoms. The molecule has 0 amide bonds. The summed E-state index contributed by atoms with van der Waals surface area (Å²) in [6.45, 7) is 0.913. The minimum Gasteiger partial charge on any atom is -0.466 e. The number of aliphatic hydroxyl groups excluding tert-OH is 2. The number of hydrogen-bond donors (Lipinski definition) is 3. The first kappa shape index (κ1) is 21.1. The van der Waals surface area contributed by atoms with Crippen LogP contribution < -0.4 is 5.64 Å². The van der Waals surface area contributed by atoms with Crippen LogP contribution >= 0.6 is 0 Å². The van der Waals surface area contributed by atoms with Crippen molar-refractivity contribution in [2.75, 3.05) is 20.3 Å². The molecule has 0 aromatic carbocycles. The molecule has 1 saturated carbocycles. The first-order valence-electron chi connectivity index (χ1n) is 8.70. The lowest BCUT2D eigenvalue weighted by atomic mass is 10.0. The van der Waals surface area contributed by atoms with E-state index in [0.717, 1.165) is 32.1 Å². The fourth-order valence-corrected chi connectivity index (χ4v) is 2.72. The normalized spacial score (nSPS) is 23.9. The Morgan fingerprint density at radius 3 is 2.67 bits per heavy atom. The smallest absolute Gasteiger partial charge is 0.305 e. The Balaban J connectivity index is 1.91. The predicted molar refractivity (Wildman–Crippen MR) is 88.6 cm³/mol. The third-order valence-corrected chi connectivity index (χ3v) is 4.04. The summed E-state index contributed by atoms with van der Waals surface area (Å²) in [6, 6.07) is 0. The average Bonchev–Trinajstić information content (AvgIpc) is 2.87. The molecule has 0 aromatic rings. The summed E-state index contributed by atoms with van der Waals surface area (Å²) in [4.78, 5) is 20.9. The number of rotatable bonds is 13. The van der Waals surface area contributed by atoms with Crippen LogP contribution in [-0.2, 0) is 19.2 Å². The molecule has 7 nitrogen and oxygen atoms in total. The number of nitrogens with one attached hydrogen (secondary N) is 1. The van der Waals surface area contributed by atoms with Gasteiger partial charge in [0.25, 0.3) is 0 Å². The maximum atomic E-state index is 11.5. The number of ether oxygens (including phenoxy) is 1. The topological polar surface area (TPSA) is 97.2 Å². The Morgan fingerprint density at radius 2 is 1.96 bits per heavy atom. The van der Waals surface area contributed by atoms with Crippen LogP contribution in [0.2, 0.25) is 0 Å². The van der Waals surface area contributed by atoms with E-state index >= 15 is 0 Å². The zero-order chi connectivity index (χ0) is 17.6. The molecule has 2 unspecified atom stereocenters. The van der Waals surface area contributed by atoms with E-state index in [0.29, 0.717) is 32.5 Å². The highest BCUT2D eigenvalue weighted by molar-refractivity contribution is 5.69. The molecule has 0 aliphatic heterocycles. The highest BCUT2D eigenvalue weighted by Crippen LogP contribution is 2.29. The van der Waals surface area contributed by atoms with Crippen molar-refractivity contribution in [3.05, 3.63) is 12.2 Å². The fraction of sp³-hybridized carbons (Fsp3) is 0.824. The molecule has 0 bridgehead atoms. The number of esters is 1. The summed E-state index contributed by atoms with van der Waals surface area (Å²) in [7, 11) is 1.47. The van der Waals surface area contributed by atoms with Gasteiger partial charge in [-0.2, -0.15) is 0 Å². The van der Waals surface area contributed by atoms with Gasteiger partial charge in [0.2, 0.25) is 0 Å². The van der Waals surface area contributed by atoms with E-state index in [9.17, 15) is 15.0 Å². The van der Waals surface area contributed by atoms with Crippen molar-refractivity contribution in [3.63, 3.8) is 0 Å². The third-order valence-electron chi connectivity index (χ3n) is 4.04. The van der Waals surface area contributed by atoms with E-state index in [-0.39, 0.29) is 18.0 Å². The molecule has 0 radical (unpaired) electrons. The Bertz CT molecular complexity index is 363. The van der Waals surface area contributed by atoms with Crippen LogP contribution in [0.1, 0.15) is 51.4 Å². The Kier molecular flexibility index (Phi) is 11.7. The molecule has 24 heavy (non-hydrogen) atoms. The molecule has 1 aliphatic carbocycles. The summed E-state index contributed by atoms with van der Waals surface area (Å²) in [6.07, 6.45) is 8.77. The Labute approximate surface area is 143 Å². The summed E-state index contributed by atoms with van der Waals surface area (Å²) in [5.74, 6) is -0.0158. The van der Waals surface area contributed by atoms with E-state index in [4.69, 9.17) is 9.57 Å². The van der Waals surface area contributed by atoms with Gasteiger partial charge in [-0.05, 0) is 50.9 Å². The SMILES string of the molecule is CONOCCCCOC(=O)CCC/C=C\C[C@@H]1CC(O)CC1O. The molecular formula is C17H31NO6. The number of unbranched alkanes of at least 4 members (excludes halogenated alkanes) is 2. The lowest BCUT2D eigenvalue weighted by Gasteiger charge is -2.10. The van der Waals surface area contributed by atoms with E-state index in [1.807, 2.05) is 12.2 Å². The molecule has 3 atom stereocenters. The van der Waals surface area contributed by atoms with Crippen LogP contribution in [0.5, 0.6) is 0 Å². The lowest BCUT2D eigenvalue weighted by Crippen LogP contribution is -2.14. The molecule has 1 rings (SSSR count). The maximum absolute atomic E-state index is 11.5. The largest absolute Gasteiger partial charge is 0.466 e. The fourth-order valence-electron chi connectivity index (χ4n) is 2.72. The second-order valence-corrected chi connectivity index (χ2v) is 6.12. The summed E-state index contributed by atoms with van der Waals surface area (Å²) >= 11 is 0. The zero-order valence-corrected chi connectivity index (χ0v) is 14.5. The Morgan fingerprint density at radius 1 is 1.17 bits per heavy atom. The van der Waals surface area contributed by atoms with Crippen LogP contribution in [0.25, 0.3) is 0 Å². The molecule has 140 valence electrons. The van der Waals surface area contributed by atoms with Gasteiger partial charge in [0, 0.05) is 6.42 Å². The lowest BCUT2D eigenvalue weighted by molar-refractivity contribution is -0.153. The predicted octanol–water partition coefficient (Wildman–Crippen LogP) is 1.64. The van der Waals surface area contributed by atoms with Gasteiger partial charge in [-0.3, -0.25) is 14.5 Å². The van der Waals surface area contributed by atoms with Crippen LogP contribution in [0, 0.1) is 5.92 Å². The second-order valence-electron chi connectivity index (χ2n) is 6.12. The highest BCUT2D eigenvalue weighted by atomic mass is 16.9. The van der Waals surface area contributed by atoms with Gasteiger partial charge in [-0.1, -0.05) is 17.8 Å². The van der Waals surface area contributed by atoms with Gasteiger partial charge < -0.3 is 14.9 Å². The first-order chi connectivity index (χ1) is 11.6. The van der Waals surface area contributed by atoms with Crippen LogP contribution in [0.3, 0.4) is 0 Å². The van der Waals surface area contributed by atoms with Crippen molar-refractivity contribution in [1.29, 1.82) is 0 Å². The van der Waals surface area contributed by atoms with Gasteiger partial charge in [0.05, 0.1) is 32.5 Å². The molecule has 0 spiro atoms.